The van der Waals surface area contributed by atoms with Gasteiger partial charge >= 0.3 is 5.97 Å². The fourth-order valence-electron chi connectivity index (χ4n) is 4.66. The lowest BCUT2D eigenvalue weighted by atomic mass is 10.0. The third-order valence-corrected chi connectivity index (χ3v) is 7.15. The lowest BCUT2D eigenvalue weighted by Gasteiger charge is -2.21. The molecule has 8 N–H and O–H groups in total. The number of imidazole rings is 1. The first kappa shape index (κ1) is 41.5. The summed E-state index contributed by atoms with van der Waals surface area (Å²) in [7, 11) is 0. The largest absolute Gasteiger partial charge is 0.481 e. The van der Waals surface area contributed by atoms with Crippen molar-refractivity contribution >= 4 is 29.7 Å². The molecule has 1 rings (SSSR count). The monoisotopic (exact) mass is 638 g/mol. The van der Waals surface area contributed by atoms with Crippen LogP contribution in [0.2, 0.25) is 0 Å². The average molecular weight is 639 g/mol. The SMILES string of the molecule is CC(=O)O.CCCCCCCCCCCCCCCC(=O)NCC(=O)N[C@@H](Cc1cnc[nH]1)C(=O)N[C@@H](CCCCN)C(=O)O. The third-order valence-electron chi connectivity index (χ3n) is 7.15. The number of aromatic nitrogens is 2. The second kappa shape index (κ2) is 28.0. The lowest BCUT2D eigenvalue weighted by Crippen LogP contribution is -2.54. The van der Waals surface area contributed by atoms with Crippen molar-refractivity contribution in [3.8, 4) is 0 Å². The quantitative estimate of drug-likeness (QED) is 0.0733. The molecule has 0 unspecified atom stereocenters. The van der Waals surface area contributed by atoms with Gasteiger partial charge in [0.15, 0.2) is 0 Å². The molecular formula is C32H58N6O7. The van der Waals surface area contributed by atoms with Crippen molar-refractivity contribution in [3.05, 3.63) is 18.2 Å². The van der Waals surface area contributed by atoms with Crippen molar-refractivity contribution in [1.82, 2.24) is 25.9 Å². The van der Waals surface area contributed by atoms with Gasteiger partial charge in [-0.2, -0.15) is 0 Å². The second-order valence-electron chi connectivity index (χ2n) is 11.4. The Balaban J connectivity index is 0.00000454. The fourth-order valence-corrected chi connectivity index (χ4v) is 4.66. The zero-order chi connectivity index (χ0) is 33.7. The maximum atomic E-state index is 12.9. The summed E-state index contributed by atoms with van der Waals surface area (Å²) in [5.74, 6) is -3.34. The maximum Gasteiger partial charge on any atom is 0.326 e. The first-order chi connectivity index (χ1) is 21.6. The number of carbonyl (C=O) groups is 5. The van der Waals surface area contributed by atoms with Gasteiger partial charge < -0.3 is 36.9 Å². The van der Waals surface area contributed by atoms with Crippen LogP contribution in [0.15, 0.2) is 12.5 Å². The Labute approximate surface area is 268 Å². The van der Waals surface area contributed by atoms with Gasteiger partial charge in [0, 0.05) is 31.7 Å². The van der Waals surface area contributed by atoms with Crippen molar-refractivity contribution in [2.75, 3.05) is 13.1 Å². The van der Waals surface area contributed by atoms with E-state index in [1.165, 1.54) is 76.7 Å². The molecule has 0 aliphatic carbocycles. The van der Waals surface area contributed by atoms with Gasteiger partial charge in [0.2, 0.25) is 17.7 Å². The zero-order valence-corrected chi connectivity index (χ0v) is 27.4. The normalized spacial score (nSPS) is 11.9. The highest BCUT2D eigenvalue weighted by molar-refractivity contribution is 5.92. The van der Waals surface area contributed by atoms with Crippen LogP contribution in [0.1, 0.15) is 129 Å². The number of carboxylic acids is 2. The summed E-state index contributed by atoms with van der Waals surface area (Å²) in [5.41, 5.74) is 6.08. The van der Waals surface area contributed by atoms with Crippen LogP contribution >= 0.6 is 0 Å². The minimum atomic E-state index is -1.15. The molecule has 13 nitrogen and oxygen atoms in total. The van der Waals surface area contributed by atoms with Crippen LogP contribution in [-0.2, 0) is 30.4 Å². The van der Waals surface area contributed by atoms with Crippen molar-refractivity contribution in [2.45, 2.75) is 142 Å². The van der Waals surface area contributed by atoms with Crippen LogP contribution in [0.5, 0.6) is 0 Å². The molecule has 0 saturated heterocycles. The van der Waals surface area contributed by atoms with Gasteiger partial charge in [0.1, 0.15) is 12.1 Å². The molecule has 2 atom stereocenters. The highest BCUT2D eigenvalue weighted by Crippen LogP contribution is 2.13. The number of hydrogen-bond donors (Lipinski definition) is 7. The predicted molar refractivity (Wildman–Crippen MR) is 173 cm³/mol. The zero-order valence-electron chi connectivity index (χ0n) is 27.4. The van der Waals surface area contributed by atoms with Gasteiger partial charge in [-0.15, -0.1) is 0 Å². The van der Waals surface area contributed by atoms with Crippen LogP contribution in [0.3, 0.4) is 0 Å². The molecule has 1 aromatic heterocycles. The van der Waals surface area contributed by atoms with Gasteiger partial charge in [0.05, 0.1) is 12.9 Å². The van der Waals surface area contributed by atoms with E-state index in [0.717, 1.165) is 26.2 Å². The number of aromatic amines is 1. The number of rotatable bonds is 26. The van der Waals surface area contributed by atoms with Gasteiger partial charge in [-0.25, -0.2) is 9.78 Å². The third kappa shape index (κ3) is 25.5. The number of carboxylic acid groups (broad SMARTS) is 2. The Morgan fingerprint density at radius 2 is 1.36 bits per heavy atom. The summed E-state index contributed by atoms with van der Waals surface area (Å²) in [6, 6.07) is -2.12. The van der Waals surface area contributed by atoms with Crippen molar-refractivity contribution in [3.63, 3.8) is 0 Å². The first-order valence-corrected chi connectivity index (χ1v) is 16.6. The summed E-state index contributed by atoms with van der Waals surface area (Å²) in [4.78, 5) is 65.1. The number of aliphatic carboxylic acids is 2. The number of unbranched alkanes of at least 4 members (excludes halogenated alkanes) is 13. The van der Waals surface area contributed by atoms with Crippen molar-refractivity contribution < 1.29 is 34.2 Å². The number of carbonyl (C=O) groups excluding carboxylic acids is 3. The number of nitrogens with zero attached hydrogens (tertiary/aromatic N) is 1. The van der Waals surface area contributed by atoms with Gasteiger partial charge in [-0.05, 0) is 32.2 Å². The molecule has 0 radical (unpaired) electrons. The predicted octanol–water partition coefficient (Wildman–Crippen LogP) is 3.82. The number of H-pyrrole nitrogens is 1. The van der Waals surface area contributed by atoms with E-state index in [4.69, 9.17) is 15.6 Å². The Kier molecular flexibility index (Phi) is 25.9. The molecule has 1 aromatic rings. The summed E-state index contributed by atoms with van der Waals surface area (Å²) in [6.45, 7) is 3.50. The minimum Gasteiger partial charge on any atom is -0.481 e. The van der Waals surface area contributed by atoms with Crippen LogP contribution < -0.4 is 21.7 Å². The summed E-state index contributed by atoms with van der Waals surface area (Å²) >= 11 is 0. The Hall–Kier alpha value is -3.48. The molecule has 1 heterocycles. The molecule has 0 aliphatic heterocycles. The molecular weight excluding hydrogens is 580 g/mol. The summed E-state index contributed by atoms with van der Waals surface area (Å²) in [5, 5.41) is 24.6. The van der Waals surface area contributed by atoms with E-state index in [2.05, 4.69) is 32.8 Å². The topological polar surface area (TPSA) is 217 Å². The van der Waals surface area contributed by atoms with E-state index in [-0.39, 0.29) is 25.3 Å². The maximum absolute atomic E-state index is 12.9. The molecule has 3 amide bonds. The standard InChI is InChI=1S/C30H54N6O5.C2H4O2/c1-2-3-4-5-6-7-8-9-10-11-12-13-14-18-27(37)33-22-28(38)35-26(20-24-21-32-23-34-24)29(39)36-25(30(40)41)17-15-16-19-31;1-2(3)4/h21,23,25-26H,2-20,22,31H2,1H3,(H,32,34)(H,33,37)(H,35,38)(H,36,39)(H,40,41);1H3,(H,3,4)/t25-,26-;/m0./s1. The molecule has 0 bridgehead atoms. The number of amides is 3. The minimum absolute atomic E-state index is 0.0968. The summed E-state index contributed by atoms with van der Waals surface area (Å²) < 4.78 is 0. The molecule has 0 aliphatic rings. The van der Waals surface area contributed by atoms with Crippen LogP contribution in [0.25, 0.3) is 0 Å². The van der Waals surface area contributed by atoms with E-state index in [9.17, 15) is 24.3 Å². The number of nitrogens with one attached hydrogen (secondary N) is 4. The van der Waals surface area contributed by atoms with Gasteiger partial charge in [0.25, 0.3) is 5.97 Å². The molecule has 0 aromatic carbocycles. The van der Waals surface area contributed by atoms with Crippen LogP contribution in [-0.4, -0.2) is 75.0 Å². The Morgan fingerprint density at radius 1 is 0.800 bits per heavy atom. The average Bonchev–Trinajstić information content (AvgIpc) is 3.50. The van der Waals surface area contributed by atoms with Crippen LogP contribution in [0, 0.1) is 0 Å². The smallest absolute Gasteiger partial charge is 0.326 e. The van der Waals surface area contributed by atoms with Crippen molar-refractivity contribution in [2.24, 2.45) is 5.73 Å². The number of hydrogen-bond acceptors (Lipinski definition) is 7. The molecule has 0 spiro atoms. The fraction of sp³-hybridized carbons (Fsp3) is 0.750. The van der Waals surface area contributed by atoms with E-state index >= 15 is 0 Å². The highest BCUT2D eigenvalue weighted by atomic mass is 16.4. The molecule has 45 heavy (non-hydrogen) atoms. The Bertz CT molecular complexity index is 938. The van der Waals surface area contributed by atoms with Gasteiger partial charge in [-0.3, -0.25) is 19.2 Å². The van der Waals surface area contributed by atoms with Gasteiger partial charge in [-0.1, -0.05) is 84.0 Å². The lowest BCUT2D eigenvalue weighted by molar-refractivity contribution is -0.142. The van der Waals surface area contributed by atoms with E-state index < -0.39 is 35.8 Å². The highest BCUT2D eigenvalue weighted by Gasteiger charge is 2.27. The molecule has 0 saturated carbocycles. The second-order valence-corrected chi connectivity index (χ2v) is 11.4. The summed E-state index contributed by atoms with van der Waals surface area (Å²) in [6.07, 6.45) is 20.8. The molecule has 258 valence electrons. The molecule has 0 fully saturated rings. The van der Waals surface area contributed by atoms with Crippen LogP contribution in [0.4, 0.5) is 0 Å². The first-order valence-electron chi connectivity index (χ1n) is 16.6. The number of nitrogens with two attached hydrogens (primary N) is 1. The van der Waals surface area contributed by atoms with E-state index in [0.29, 0.717) is 31.5 Å². The Morgan fingerprint density at radius 3 is 1.84 bits per heavy atom. The van der Waals surface area contributed by atoms with E-state index in [1.54, 1.807) is 0 Å². The molecule has 13 heteroatoms. The van der Waals surface area contributed by atoms with Crippen molar-refractivity contribution in [1.29, 1.82) is 0 Å². The van der Waals surface area contributed by atoms with E-state index in [1.807, 2.05) is 0 Å².